The van der Waals surface area contributed by atoms with Crippen molar-refractivity contribution in [1.29, 1.82) is 0 Å². The van der Waals surface area contributed by atoms with Gasteiger partial charge in [-0.05, 0) is 126 Å². The van der Waals surface area contributed by atoms with E-state index in [1.807, 2.05) is 85.3 Å². The van der Waals surface area contributed by atoms with Crippen molar-refractivity contribution in [2.45, 2.75) is 0 Å². The second-order valence-corrected chi connectivity index (χ2v) is 18.3. The quantitative estimate of drug-likeness (QED) is 0.134. The van der Waals surface area contributed by atoms with Gasteiger partial charge in [0.05, 0.1) is 16.7 Å². The van der Waals surface area contributed by atoms with E-state index >= 15 is 0 Å². The van der Waals surface area contributed by atoms with Gasteiger partial charge in [0.15, 0.2) is 0 Å². The Labute approximate surface area is 446 Å². The molecule has 0 aliphatic rings. The van der Waals surface area contributed by atoms with Crippen LogP contribution in [0.1, 0.15) is 0 Å². The van der Waals surface area contributed by atoms with Crippen LogP contribution in [0, 0.1) is 18.2 Å². The van der Waals surface area contributed by atoms with Crippen molar-refractivity contribution < 1.29 is 28.9 Å². The van der Waals surface area contributed by atoms with Gasteiger partial charge in [0, 0.05) is 30.2 Å². The first-order valence-corrected chi connectivity index (χ1v) is 24.5. The summed E-state index contributed by atoms with van der Waals surface area (Å²) in [5.41, 5.74) is 22.0. The summed E-state index contributed by atoms with van der Waals surface area (Å²) in [6, 6.07) is 83.4. The molecular weight excluding hydrogens is 1100 g/mol. The molecule has 0 unspecified atom stereocenters. The average molecular weight is 1140 g/mol. The number of hydrogen-bond acceptors (Lipinski definition) is 6. The van der Waals surface area contributed by atoms with Crippen molar-refractivity contribution >= 4 is 44.0 Å². The molecule has 0 radical (unpaired) electrons. The number of furan rings is 2. The van der Waals surface area contributed by atoms with Crippen LogP contribution in [0.4, 0.5) is 0 Å². The Hall–Kier alpha value is -9.39. The van der Waals surface area contributed by atoms with Gasteiger partial charge < -0.3 is 23.8 Å². The summed E-state index contributed by atoms with van der Waals surface area (Å²) in [6.07, 6.45) is 7.69. The number of para-hydroxylation sites is 1. The third kappa shape index (κ3) is 8.40. The van der Waals surface area contributed by atoms with E-state index < -0.39 is 0 Å². The van der Waals surface area contributed by atoms with Gasteiger partial charge in [-0.25, -0.2) is 0 Å². The second-order valence-electron chi connectivity index (χ2n) is 18.3. The van der Waals surface area contributed by atoms with Gasteiger partial charge in [-0.1, -0.05) is 133 Å². The third-order valence-electron chi connectivity index (χ3n) is 13.9. The molecule has 8 aromatic carbocycles. The van der Waals surface area contributed by atoms with Crippen LogP contribution in [-0.2, 0) is 20.1 Å². The van der Waals surface area contributed by atoms with Crippen LogP contribution in [-0.4, -0.2) is 19.9 Å². The summed E-state index contributed by atoms with van der Waals surface area (Å²) in [5.74, 6) is 0. The molecule has 6 nitrogen and oxygen atoms in total. The van der Waals surface area contributed by atoms with Gasteiger partial charge in [-0.2, -0.15) is 0 Å². The number of benzene rings is 8. The van der Waals surface area contributed by atoms with Crippen molar-refractivity contribution in [2.75, 3.05) is 0 Å². The Morgan fingerprint density at radius 1 is 0.307 bits per heavy atom. The molecule has 14 rings (SSSR count). The molecule has 0 saturated carbocycles. The van der Waals surface area contributed by atoms with Crippen molar-refractivity contribution in [3.05, 3.63) is 255 Å². The molecule has 352 valence electrons. The van der Waals surface area contributed by atoms with Gasteiger partial charge in [-0.15, -0.1) is 83.4 Å². The molecule has 6 heterocycles. The standard InChI is InChI=1S/C68H39N4O2.Ir/c1-2-13-43(14-3-1)61-29-24-46(40-70-61)52-15-4-7-18-55(52)49-35-50(56-19-8-5-16-53(56)47-25-30-62(71-41-47)44-27-32-65-59(38-44)58-21-10-11-22-64(58)73-65)37-51(36-49)57-20-9-6-17-54(57)48-26-31-63(72-42-48)45-28-33-66-60(39-45)68-67(74-66)23-12-34-69-68;/h1-13,15-26,29-42H;/q-3;+3. The van der Waals surface area contributed by atoms with Gasteiger partial charge >= 0.3 is 20.1 Å². The molecule has 0 saturated heterocycles. The van der Waals surface area contributed by atoms with Crippen LogP contribution in [0.5, 0.6) is 0 Å². The minimum Gasteiger partial charge on any atom is -0.500 e. The van der Waals surface area contributed by atoms with Gasteiger partial charge in [0.1, 0.15) is 11.2 Å². The van der Waals surface area contributed by atoms with Gasteiger partial charge in [-0.3, -0.25) is 4.98 Å². The average Bonchev–Trinajstić information content (AvgIpc) is 4.06. The predicted molar refractivity (Wildman–Crippen MR) is 298 cm³/mol. The second kappa shape index (κ2) is 19.2. The molecule has 0 aliphatic carbocycles. The molecule has 0 bridgehead atoms. The Bertz CT molecular complexity index is 4190. The Morgan fingerprint density at radius 3 is 1.25 bits per heavy atom. The van der Waals surface area contributed by atoms with Crippen LogP contribution >= 0.6 is 0 Å². The monoisotopic (exact) mass is 1140 g/mol. The maximum absolute atomic E-state index is 6.10. The van der Waals surface area contributed by atoms with E-state index in [0.29, 0.717) is 0 Å². The topological polar surface area (TPSA) is 77.8 Å². The summed E-state index contributed by atoms with van der Waals surface area (Å²) in [6.45, 7) is 0. The molecule has 0 fully saturated rings. The number of rotatable bonds is 9. The number of pyridine rings is 4. The van der Waals surface area contributed by atoms with Crippen molar-refractivity contribution in [3.8, 4) is 101 Å². The summed E-state index contributed by atoms with van der Waals surface area (Å²) >= 11 is 0. The van der Waals surface area contributed by atoms with Gasteiger partial charge in [0.25, 0.3) is 0 Å². The molecule has 7 heteroatoms. The largest absolute Gasteiger partial charge is 3.00 e. The maximum Gasteiger partial charge on any atom is 3.00 e. The number of hydrogen-bond donors (Lipinski definition) is 0. The normalized spacial score (nSPS) is 11.4. The Kier molecular flexibility index (Phi) is 11.7. The smallest absolute Gasteiger partial charge is 0.500 e. The van der Waals surface area contributed by atoms with E-state index in [-0.39, 0.29) is 20.1 Å². The number of fused-ring (bicyclic) bond motifs is 6. The van der Waals surface area contributed by atoms with Crippen molar-refractivity contribution in [3.63, 3.8) is 0 Å². The fourth-order valence-electron chi connectivity index (χ4n) is 10.3. The van der Waals surface area contributed by atoms with Crippen molar-refractivity contribution in [2.24, 2.45) is 0 Å². The summed E-state index contributed by atoms with van der Waals surface area (Å²) in [5, 5.41) is 3.06. The minimum atomic E-state index is 0. The molecular formula is C68H39IrN4O2. The molecule has 0 spiro atoms. The van der Waals surface area contributed by atoms with E-state index in [1.165, 1.54) is 0 Å². The molecule has 0 aliphatic heterocycles. The van der Waals surface area contributed by atoms with E-state index in [2.05, 4.69) is 169 Å². The first-order chi connectivity index (χ1) is 36.6. The van der Waals surface area contributed by atoms with Crippen LogP contribution in [0.25, 0.3) is 145 Å². The number of aromatic nitrogens is 4. The molecule has 0 amide bonds. The number of nitrogens with zero attached hydrogens (tertiary/aromatic N) is 4. The summed E-state index contributed by atoms with van der Waals surface area (Å²) in [7, 11) is 0. The summed E-state index contributed by atoms with van der Waals surface area (Å²) in [4.78, 5) is 19.6. The van der Waals surface area contributed by atoms with Crippen LogP contribution in [0.3, 0.4) is 0 Å². The molecule has 0 N–H and O–H groups in total. The first-order valence-electron chi connectivity index (χ1n) is 24.5. The van der Waals surface area contributed by atoms with E-state index in [1.54, 1.807) is 6.20 Å². The summed E-state index contributed by atoms with van der Waals surface area (Å²) < 4.78 is 12.1. The van der Waals surface area contributed by atoms with Crippen LogP contribution in [0.15, 0.2) is 246 Å². The molecule has 6 aromatic heterocycles. The van der Waals surface area contributed by atoms with E-state index in [9.17, 15) is 0 Å². The van der Waals surface area contributed by atoms with Crippen LogP contribution in [0.2, 0.25) is 0 Å². The van der Waals surface area contributed by atoms with E-state index in [0.717, 1.165) is 145 Å². The van der Waals surface area contributed by atoms with Crippen molar-refractivity contribution in [1.82, 2.24) is 19.9 Å². The Balaban J connectivity index is 0.00000541. The third-order valence-corrected chi connectivity index (χ3v) is 13.9. The maximum atomic E-state index is 6.10. The molecule has 75 heavy (non-hydrogen) atoms. The fraction of sp³-hybridized carbons (Fsp3) is 0. The zero-order valence-electron chi connectivity index (χ0n) is 40.0. The van der Waals surface area contributed by atoms with Crippen LogP contribution < -0.4 is 0 Å². The zero-order chi connectivity index (χ0) is 49.0. The minimum absolute atomic E-state index is 0. The Morgan fingerprint density at radius 2 is 0.747 bits per heavy atom. The SMILES string of the molecule is [Ir+3].[c-]1ccccc1-c1ccc(-c2ccccc2-c2cc(-c3ccccc3-c3ccc(-c4[c-]cc5oc6ccccc6c5c4)nc3)cc(-c3ccccc3-c3ccc(-c4[c-]cc5oc6cccnc6c5c4)nc3)c2)cn1. The van der Waals surface area contributed by atoms with E-state index in [4.69, 9.17) is 23.8 Å². The first kappa shape index (κ1) is 45.5. The fourth-order valence-corrected chi connectivity index (χ4v) is 10.3. The zero-order valence-corrected chi connectivity index (χ0v) is 42.4. The molecule has 14 aromatic rings. The predicted octanol–water partition coefficient (Wildman–Crippen LogP) is 17.5. The molecule has 0 atom stereocenters. The van der Waals surface area contributed by atoms with Gasteiger partial charge in [0.2, 0.25) is 0 Å².